The topological polar surface area (TPSA) is 63.7 Å². The lowest BCUT2D eigenvalue weighted by Gasteiger charge is -2.22. The Kier molecular flexibility index (Phi) is 4.87. The van der Waals surface area contributed by atoms with Crippen LogP contribution in [0.5, 0.6) is 0 Å². The van der Waals surface area contributed by atoms with Gasteiger partial charge in [-0.05, 0) is 11.6 Å². The lowest BCUT2D eigenvalue weighted by Crippen LogP contribution is -2.34. The summed E-state index contributed by atoms with van der Waals surface area (Å²) < 4.78 is 5.05. The number of ether oxygens (including phenoxy) is 1. The molecular weight excluding hydrogens is 270 g/mol. The number of hydrogen-bond acceptors (Lipinski definition) is 4. The van der Waals surface area contributed by atoms with Gasteiger partial charge < -0.3 is 9.64 Å². The number of aldehydes is 1. The van der Waals surface area contributed by atoms with Gasteiger partial charge in [-0.25, -0.2) is 0 Å². The highest BCUT2D eigenvalue weighted by Crippen LogP contribution is 2.25. The lowest BCUT2D eigenvalue weighted by molar-refractivity contribution is -0.154. The van der Waals surface area contributed by atoms with E-state index in [2.05, 4.69) is 0 Å². The summed E-state index contributed by atoms with van der Waals surface area (Å²) in [5.41, 5.74) is 0.985. The highest BCUT2D eigenvalue weighted by Gasteiger charge is 2.40. The third-order valence-corrected chi connectivity index (χ3v) is 3.33. The van der Waals surface area contributed by atoms with Crippen molar-refractivity contribution in [1.82, 2.24) is 4.90 Å². The van der Waals surface area contributed by atoms with E-state index < -0.39 is 12.1 Å². The minimum Gasteiger partial charge on any atom is -0.452 e. The van der Waals surface area contributed by atoms with Crippen molar-refractivity contribution in [2.24, 2.45) is 0 Å². The first kappa shape index (κ1) is 15.0. The van der Waals surface area contributed by atoms with Crippen molar-refractivity contribution >= 4 is 18.2 Å². The minimum absolute atomic E-state index is 0.227. The van der Waals surface area contributed by atoms with E-state index in [1.165, 1.54) is 13.0 Å². The van der Waals surface area contributed by atoms with Gasteiger partial charge in [-0.1, -0.05) is 36.4 Å². The molecule has 0 bridgehead atoms. The quantitative estimate of drug-likeness (QED) is 0.467. The molecular formula is C16H17NO4. The van der Waals surface area contributed by atoms with Gasteiger partial charge in [0, 0.05) is 19.9 Å². The monoisotopic (exact) mass is 287 g/mol. The first-order valence-corrected chi connectivity index (χ1v) is 6.75. The van der Waals surface area contributed by atoms with Crippen LogP contribution in [-0.2, 0) is 25.7 Å². The zero-order chi connectivity index (χ0) is 15.2. The number of nitrogens with zero attached hydrogens (tertiary/aromatic N) is 1. The SMILES string of the molecule is CC(=O)O[C@@H]1C[C@H](/C=C/C=O)N(Cc2ccccc2)C1=O. The van der Waals surface area contributed by atoms with E-state index in [1.807, 2.05) is 30.3 Å². The molecule has 0 N–H and O–H groups in total. The van der Waals surface area contributed by atoms with Crippen LogP contribution in [0.15, 0.2) is 42.5 Å². The fourth-order valence-electron chi connectivity index (χ4n) is 2.43. The molecule has 1 aromatic rings. The second-order valence-electron chi connectivity index (χ2n) is 4.87. The Bertz CT molecular complexity index is 553. The highest BCUT2D eigenvalue weighted by molar-refractivity contribution is 5.86. The smallest absolute Gasteiger partial charge is 0.303 e. The second kappa shape index (κ2) is 6.83. The maximum absolute atomic E-state index is 12.3. The van der Waals surface area contributed by atoms with Crippen LogP contribution in [0.2, 0.25) is 0 Å². The molecule has 1 saturated heterocycles. The zero-order valence-electron chi connectivity index (χ0n) is 11.8. The minimum atomic E-state index is -0.771. The molecule has 1 aromatic carbocycles. The number of hydrogen-bond donors (Lipinski definition) is 0. The maximum Gasteiger partial charge on any atom is 0.303 e. The van der Waals surface area contributed by atoms with Crippen molar-refractivity contribution in [2.75, 3.05) is 0 Å². The summed E-state index contributed by atoms with van der Waals surface area (Å²) in [4.78, 5) is 35.5. The van der Waals surface area contributed by atoms with Gasteiger partial charge in [0.05, 0.1) is 6.04 Å². The van der Waals surface area contributed by atoms with E-state index in [0.717, 1.165) is 5.56 Å². The molecule has 0 unspecified atom stereocenters. The number of carbonyl (C=O) groups is 3. The first-order chi connectivity index (χ1) is 10.1. The molecule has 110 valence electrons. The molecule has 5 nitrogen and oxygen atoms in total. The number of likely N-dealkylation sites (tertiary alicyclic amines) is 1. The molecule has 1 aliphatic rings. The van der Waals surface area contributed by atoms with Crippen molar-refractivity contribution < 1.29 is 19.1 Å². The Morgan fingerprint density at radius 3 is 2.71 bits per heavy atom. The van der Waals surface area contributed by atoms with Crippen molar-refractivity contribution in [3.63, 3.8) is 0 Å². The summed E-state index contributed by atoms with van der Waals surface area (Å²) in [7, 11) is 0. The molecule has 0 radical (unpaired) electrons. The van der Waals surface area contributed by atoms with Gasteiger partial charge in [-0.3, -0.25) is 14.4 Å². The van der Waals surface area contributed by atoms with Gasteiger partial charge in [-0.15, -0.1) is 0 Å². The molecule has 1 aliphatic heterocycles. The summed E-state index contributed by atoms with van der Waals surface area (Å²) in [6.07, 6.45) is 3.30. The molecule has 2 rings (SSSR count). The standard InChI is InChI=1S/C16H17NO4/c1-12(19)21-15-10-14(8-5-9-18)17(16(15)20)11-13-6-3-2-4-7-13/h2-9,14-15H,10-11H2,1H3/b8-5+/t14-,15+/m0/s1. The van der Waals surface area contributed by atoms with Gasteiger partial charge in [0.1, 0.15) is 6.29 Å². The highest BCUT2D eigenvalue weighted by atomic mass is 16.5. The average Bonchev–Trinajstić information content (AvgIpc) is 2.74. The van der Waals surface area contributed by atoms with Gasteiger partial charge in [0.25, 0.3) is 5.91 Å². The van der Waals surface area contributed by atoms with E-state index >= 15 is 0 Å². The van der Waals surface area contributed by atoms with Crippen LogP contribution in [0.3, 0.4) is 0 Å². The van der Waals surface area contributed by atoms with Crippen LogP contribution < -0.4 is 0 Å². The molecule has 0 aliphatic carbocycles. The Labute approximate surface area is 123 Å². The van der Waals surface area contributed by atoms with Gasteiger partial charge in [0.15, 0.2) is 6.10 Å². The number of carbonyl (C=O) groups excluding carboxylic acids is 3. The molecule has 1 amide bonds. The number of benzene rings is 1. The number of rotatable bonds is 5. The van der Waals surface area contributed by atoms with Crippen LogP contribution >= 0.6 is 0 Å². The molecule has 1 fully saturated rings. The molecule has 0 saturated carbocycles. The molecule has 5 heteroatoms. The van der Waals surface area contributed by atoms with Crippen molar-refractivity contribution in [3.05, 3.63) is 48.0 Å². The third-order valence-electron chi connectivity index (χ3n) is 3.33. The van der Waals surface area contributed by atoms with Crippen LogP contribution in [0.25, 0.3) is 0 Å². The summed E-state index contributed by atoms with van der Waals surface area (Å²) in [5, 5.41) is 0. The maximum atomic E-state index is 12.3. The normalized spacial score (nSPS) is 21.8. The van der Waals surface area contributed by atoms with Crippen molar-refractivity contribution in [1.29, 1.82) is 0 Å². The van der Waals surface area contributed by atoms with Gasteiger partial charge >= 0.3 is 5.97 Å². The molecule has 0 aromatic heterocycles. The summed E-state index contributed by atoms with van der Waals surface area (Å²) >= 11 is 0. The third kappa shape index (κ3) is 3.78. The summed E-state index contributed by atoms with van der Waals surface area (Å²) in [6.45, 7) is 1.70. The number of amides is 1. The fourth-order valence-corrected chi connectivity index (χ4v) is 2.43. The summed E-state index contributed by atoms with van der Waals surface area (Å²) in [6, 6.07) is 9.30. The van der Waals surface area contributed by atoms with E-state index in [9.17, 15) is 14.4 Å². The lowest BCUT2D eigenvalue weighted by atomic mass is 10.1. The van der Waals surface area contributed by atoms with Crippen LogP contribution in [0, 0.1) is 0 Å². The van der Waals surface area contributed by atoms with E-state index in [1.54, 1.807) is 11.0 Å². The number of allylic oxidation sites excluding steroid dienone is 1. The van der Waals surface area contributed by atoms with Crippen LogP contribution in [-0.4, -0.2) is 35.2 Å². The summed E-state index contributed by atoms with van der Waals surface area (Å²) in [5.74, 6) is -0.706. The molecule has 2 atom stereocenters. The first-order valence-electron chi connectivity index (χ1n) is 6.75. The van der Waals surface area contributed by atoms with E-state index in [4.69, 9.17) is 4.74 Å². The molecule has 0 spiro atoms. The second-order valence-corrected chi connectivity index (χ2v) is 4.87. The largest absolute Gasteiger partial charge is 0.452 e. The molecule has 21 heavy (non-hydrogen) atoms. The van der Waals surface area contributed by atoms with Crippen LogP contribution in [0.1, 0.15) is 18.9 Å². The average molecular weight is 287 g/mol. The predicted octanol–water partition coefficient (Wildman–Crippen LogP) is 1.47. The van der Waals surface area contributed by atoms with Gasteiger partial charge in [-0.2, -0.15) is 0 Å². The predicted molar refractivity (Wildman–Crippen MR) is 76.2 cm³/mol. The van der Waals surface area contributed by atoms with Crippen molar-refractivity contribution in [2.45, 2.75) is 32.0 Å². The van der Waals surface area contributed by atoms with Crippen molar-refractivity contribution in [3.8, 4) is 0 Å². The van der Waals surface area contributed by atoms with E-state index in [0.29, 0.717) is 19.3 Å². The van der Waals surface area contributed by atoms with Gasteiger partial charge in [0.2, 0.25) is 0 Å². The Balaban J connectivity index is 2.17. The Hall–Kier alpha value is -2.43. The van der Waals surface area contributed by atoms with E-state index in [-0.39, 0.29) is 11.9 Å². The van der Waals surface area contributed by atoms with Crippen LogP contribution in [0.4, 0.5) is 0 Å². The Morgan fingerprint density at radius 1 is 1.38 bits per heavy atom. The fraction of sp³-hybridized carbons (Fsp3) is 0.312. The molecule has 1 heterocycles. The number of esters is 1. The Morgan fingerprint density at radius 2 is 2.10 bits per heavy atom. The zero-order valence-corrected chi connectivity index (χ0v) is 11.8.